The Morgan fingerprint density at radius 2 is 2.07 bits per heavy atom. The second-order valence-corrected chi connectivity index (χ2v) is 6.43. The molecule has 7 atom stereocenters. The van der Waals surface area contributed by atoms with Crippen molar-refractivity contribution in [2.75, 3.05) is 0 Å². The molecule has 0 saturated heterocycles. The number of carboxylic acids is 1. The summed E-state index contributed by atoms with van der Waals surface area (Å²) in [5.41, 5.74) is 0.274. The summed E-state index contributed by atoms with van der Waals surface area (Å²) in [5.74, 6) is 3.80. The minimum atomic E-state index is -0.525. The Morgan fingerprint density at radius 1 is 1.33 bits per heavy atom. The first-order valence-electron chi connectivity index (χ1n) is 6.39. The molecule has 0 heterocycles. The van der Waals surface area contributed by atoms with Gasteiger partial charge in [0, 0.05) is 0 Å². The molecule has 4 aliphatic carbocycles. The lowest BCUT2D eigenvalue weighted by Crippen LogP contribution is -2.52. The quantitative estimate of drug-likeness (QED) is 0.715. The van der Waals surface area contributed by atoms with E-state index in [1.807, 2.05) is 0 Å². The highest BCUT2D eigenvalue weighted by Crippen LogP contribution is 2.82. The highest BCUT2D eigenvalue weighted by molar-refractivity contribution is 5.75. The Bertz CT molecular complexity index is 350. The largest absolute Gasteiger partial charge is 0.481 e. The number of carboxylic acid groups (broad SMARTS) is 1. The summed E-state index contributed by atoms with van der Waals surface area (Å²) in [4.78, 5) is 11.1. The van der Waals surface area contributed by atoms with Gasteiger partial charge in [0.15, 0.2) is 0 Å². The van der Waals surface area contributed by atoms with Gasteiger partial charge < -0.3 is 5.11 Å². The van der Waals surface area contributed by atoms with Crippen LogP contribution in [0.25, 0.3) is 0 Å². The predicted molar refractivity (Wildman–Crippen MR) is 55.2 cm³/mol. The Kier molecular flexibility index (Phi) is 1.29. The van der Waals surface area contributed by atoms with Gasteiger partial charge in [-0.05, 0) is 60.7 Å². The Hall–Kier alpha value is -0.530. The average Bonchev–Trinajstić information content (AvgIpc) is 2.75. The molecule has 0 aromatic rings. The lowest BCUT2D eigenvalue weighted by molar-refractivity contribution is -0.146. The lowest BCUT2D eigenvalue weighted by Gasteiger charge is -2.55. The molecule has 0 aromatic carbocycles. The minimum Gasteiger partial charge on any atom is -0.481 e. The van der Waals surface area contributed by atoms with Crippen LogP contribution >= 0.6 is 0 Å². The Labute approximate surface area is 90.1 Å². The second-order valence-electron chi connectivity index (χ2n) is 6.43. The van der Waals surface area contributed by atoms with Crippen LogP contribution in [-0.2, 0) is 4.79 Å². The number of aliphatic carboxylic acids is 1. The van der Waals surface area contributed by atoms with Crippen LogP contribution in [0.15, 0.2) is 0 Å². The van der Waals surface area contributed by atoms with Crippen molar-refractivity contribution < 1.29 is 9.90 Å². The summed E-state index contributed by atoms with van der Waals surface area (Å²) in [6, 6.07) is 0. The third kappa shape index (κ3) is 0.724. The molecule has 1 N–H and O–H groups in total. The number of rotatable bonds is 1. The van der Waals surface area contributed by atoms with Crippen LogP contribution in [0.3, 0.4) is 0 Å². The van der Waals surface area contributed by atoms with E-state index in [4.69, 9.17) is 5.11 Å². The molecular formula is C13H18O2. The molecule has 4 saturated carbocycles. The highest BCUT2D eigenvalue weighted by Gasteiger charge is 2.79. The summed E-state index contributed by atoms with van der Waals surface area (Å²) in [7, 11) is 0. The molecule has 15 heavy (non-hydrogen) atoms. The molecule has 0 amide bonds. The van der Waals surface area contributed by atoms with Gasteiger partial charge >= 0.3 is 5.97 Å². The van der Waals surface area contributed by atoms with Gasteiger partial charge in [-0.1, -0.05) is 6.92 Å². The SMILES string of the molecule is C[C@@H]1[C@@H]2[C@H]3CC[C@@H](C3)[C@@H]2[C@@]12C[C@H]2C(=O)O. The fourth-order valence-electron chi connectivity index (χ4n) is 5.88. The summed E-state index contributed by atoms with van der Waals surface area (Å²) >= 11 is 0. The zero-order valence-electron chi connectivity index (χ0n) is 9.15. The first kappa shape index (κ1) is 8.60. The van der Waals surface area contributed by atoms with E-state index in [0.717, 1.165) is 30.1 Å². The summed E-state index contributed by atoms with van der Waals surface area (Å²) in [6.07, 6.45) is 5.25. The summed E-state index contributed by atoms with van der Waals surface area (Å²) in [5, 5.41) is 9.16. The highest BCUT2D eigenvalue weighted by atomic mass is 16.4. The van der Waals surface area contributed by atoms with Crippen LogP contribution in [0.5, 0.6) is 0 Å². The fourth-order valence-corrected chi connectivity index (χ4v) is 5.88. The van der Waals surface area contributed by atoms with Crippen molar-refractivity contribution >= 4 is 5.97 Å². The maximum atomic E-state index is 11.1. The van der Waals surface area contributed by atoms with Gasteiger partial charge in [0.1, 0.15) is 0 Å². The van der Waals surface area contributed by atoms with Crippen LogP contribution in [-0.4, -0.2) is 11.1 Å². The molecule has 4 aliphatic rings. The number of hydrogen-bond acceptors (Lipinski definition) is 1. The normalized spacial score (nSPS) is 64.1. The third-order valence-electron chi connectivity index (χ3n) is 6.37. The average molecular weight is 206 g/mol. The molecule has 0 unspecified atom stereocenters. The second kappa shape index (κ2) is 2.26. The monoisotopic (exact) mass is 206 g/mol. The fraction of sp³-hybridized carbons (Fsp3) is 0.923. The first-order chi connectivity index (χ1) is 7.16. The van der Waals surface area contributed by atoms with Crippen molar-refractivity contribution in [2.24, 2.45) is 40.9 Å². The molecule has 1 spiro atoms. The number of carbonyl (C=O) groups is 1. The zero-order chi connectivity index (χ0) is 10.4. The third-order valence-corrected chi connectivity index (χ3v) is 6.37. The van der Waals surface area contributed by atoms with Crippen molar-refractivity contribution in [3.8, 4) is 0 Å². The van der Waals surface area contributed by atoms with E-state index >= 15 is 0 Å². The molecule has 2 bridgehead atoms. The number of hydrogen-bond donors (Lipinski definition) is 1. The van der Waals surface area contributed by atoms with Gasteiger partial charge in [0.05, 0.1) is 5.92 Å². The smallest absolute Gasteiger partial charge is 0.307 e. The van der Waals surface area contributed by atoms with E-state index in [2.05, 4.69) is 6.92 Å². The van der Waals surface area contributed by atoms with Gasteiger partial charge in [0.25, 0.3) is 0 Å². The molecule has 0 radical (unpaired) electrons. The van der Waals surface area contributed by atoms with Gasteiger partial charge in [0.2, 0.25) is 0 Å². The predicted octanol–water partition coefficient (Wildman–Crippen LogP) is 2.39. The molecule has 4 fully saturated rings. The van der Waals surface area contributed by atoms with E-state index in [1.54, 1.807) is 0 Å². The maximum absolute atomic E-state index is 11.1. The van der Waals surface area contributed by atoms with E-state index in [1.165, 1.54) is 19.3 Å². The standard InChI is InChI=1S/C13H18O2/c1-6-10-7-2-3-8(4-7)11(10)13(6)5-9(13)12(14)15/h6-11H,2-5H2,1H3,(H,14,15)/t6-,7+,8+,9+,10-,11+,13+/m1/s1. The van der Waals surface area contributed by atoms with E-state index in [0.29, 0.717) is 5.92 Å². The molecule has 2 nitrogen and oxygen atoms in total. The van der Waals surface area contributed by atoms with Gasteiger partial charge in [-0.2, -0.15) is 0 Å². The molecule has 0 aromatic heterocycles. The van der Waals surface area contributed by atoms with E-state index < -0.39 is 5.97 Å². The Balaban J connectivity index is 1.67. The summed E-state index contributed by atoms with van der Waals surface area (Å²) in [6.45, 7) is 2.32. The van der Waals surface area contributed by atoms with E-state index in [9.17, 15) is 4.79 Å². The van der Waals surface area contributed by atoms with Crippen LogP contribution in [0.2, 0.25) is 0 Å². The molecule has 2 heteroatoms. The van der Waals surface area contributed by atoms with Gasteiger partial charge in [-0.3, -0.25) is 4.79 Å². The number of fused-ring (bicyclic) bond motifs is 6. The Morgan fingerprint density at radius 3 is 2.73 bits per heavy atom. The molecule has 82 valence electrons. The van der Waals surface area contributed by atoms with Gasteiger partial charge in [-0.15, -0.1) is 0 Å². The van der Waals surface area contributed by atoms with Gasteiger partial charge in [-0.25, -0.2) is 0 Å². The van der Waals surface area contributed by atoms with Crippen molar-refractivity contribution in [2.45, 2.75) is 32.6 Å². The maximum Gasteiger partial charge on any atom is 0.307 e. The molecule has 0 aliphatic heterocycles. The topological polar surface area (TPSA) is 37.3 Å². The van der Waals surface area contributed by atoms with E-state index in [-0.39, 0.29) is 11.3 Å². The van der Waals surface area contributed by atoms with Crippen LogP contribution < -0.4 is 0 Å². The van der Waals surface area contributed by atoms with Crippen molar-refractivity contribution in [3.05, 3.63) is 0 Å². The lowest BCUT2D eigenvalue weighted by atomic mass is 9.49. The first-order valence-corrected chi connectivity index (χ1v) is 6.39. The van der Waals surface area contributed by atoms with Crippen molar-refractivity contribution in [1.29, 1.82) is 0 Å². The van der Waals surface area contributed by atoms with Crippen LogP contribution in [0, 0.1) is 40.9 Å². The zero-order valence-corrected chi connectivity index (χ0v) is 9.15. The minimum absolute atomic E-state index is 0.0214. The summed E-state index contributed by atoms with van der Waals surface area (Å²) < 4.78 is 0. The van der Waals surface area contributed by atoms with Crippen LogP contribution in [0.4, 0.5) is 0 Å². The van der Waals surface area contributed by atoms with Crippen molar-refractivity contribution in [3.63, 3.8) is 0 Å². The molecular weight excluding hydrogens is 188 g/mol. The van der Waals surface area contributed by atoms with Crippen molar-refractivity contribution in [1.82, 2.24) is 0 Å². The molecule has 4 rings (SSSR count). The van der Waals surface area contributed by atoms with Crippen LogP contribution in [0.1, 0.15) is 32.6 Å².